The molecule has 0 aliphatic rings. The summed E-state index contributed by atoms with van der Waals surface area (Å²) in [6, 6.07) is 13.2. The molecule has 212 valence electrons. The number of alkyl halides is 3. The lowest BCUT2D eigenvalue weighted by molar-refractivity contribution is -0.137. The van der Waals surface area contributed by atoms with Gasteiger partial charge in [0, 0.05) is 30.4 Å². The van der Waals surface area contributed by atoms with E-state index in [4.69, 9.17) is 17.2 Å². The van der Waals surface area contributed by atoms with E-state index < -0.39 is 17.4 Å². The van der Waals surface area contributed by atoms with Gasteiger partial charge in [-0.3, -0.25) is 9.56 Å². The van der Waals surface area contributed by atoms with Crippen LogP contribution in [0, 0.1) is 0 Å². The summed E-state index contributed by atoms with van der Waals surface area (Å²) in [6.45, 7) is 2.42. The highest BCUT2D eigenvalue weighted by Crippen LogP contribution is 2.34. The van der Waals surface area contributed by atoms with Gasteiger partial charge in [-0.2, -0.15) is 18.2 Å². The van der Waals surface area contributed by atoms with Gasteiger partial charge in [-0.25, -0.2) is 4.79 Å². The predicted octanol–water partition coefficient (Wildman–Crippen LogP) is 3.43. The topological polar surface area (TPSA) is 153 Å². The third-order valence-corrected chi connectivity index (χ3v) is 6.41. The van der Waals surface area contributed by atoms with Crippen LogP contribution in [0.1, 0.15) is 36.0 Å². The number of hydrogen-bond acceptors (Lipinski definition) is 5. The van der Waals surface area contributed by atoms with Crippen LogP contribution in [-0.2, 0) is 19.1 Å². The van der Waals surface area contributed by atoms with Gasteiger partial charge in [0.1, 0.15) is 5.65 Å². The van der Waals surface area contributed by atoms with Crippen LogP contribution in [0.4, 0.5) is 13.2 Å². The van der Waals surface area contributed by atoms with Crippen LogP contribution in [0.3, 0.4) is 0 Å². The van der Waals surface area contributed by atoms with Crippen molar-refractivity contribution < 1.29 is 13.2 Å². The molecule has 0 aliphatic carbocycles. The number of rotatable bonds is 12. The Kier molecular flexibility index (Phi) is 9.22. The van der Waals surface area contributed by atoms with E-state index in [1.54, 1.807) is 18.3 Å². The van der Waals surface area contributed by atoms with Crippen LogP contribution in [0.5, 0.6) is 0 Å². The summed E-state index contributed by atoms with van der Waals surface area (Å²) in [5, 5.41) is 3.91. The van der Waals surface area contributed by atoms with Gasteiger partial charge in [0.05, 0.1) is 11.3 Å². The Labute approximate surface area is 229 Å². The highest BCUT2D eigenvalue weighted by molar-refractivity contribution is 5.82. The zero-order valence-electron chi connectivity index (χ0n) is 22.0. The maximum atomic E-state index is 13.6. The second kappa shape index (κ2) is 12.8. The summed E-state index contributed by atoms with van der Waals surface area (Å²) in [4.78, 5) is 23.9. The molecule has 0 radical (unpaired) electrons. The molecule has 0 bridgehead atoms. The third kappa shape index (κ3) is 7.48. The van der Waals surface area contributed by atoms with Crippen molar-refractivity contribution in [3.8, 4) is 16.9 Å². The number of aromatic nitrogens is 3. The molecular formula is C28H33F3N8O. The lowest BCUT2D eigenvalue weighted by Gasteiger charge is -2.12. The van der Waals surface area contributed by atoms with Crippen molar-refractivity contribution in [2.75, 3.05) is 19.6 Å². The molecule has 2 heterocycles. The maximum Gasteiger partial charge on any atom is 0.416 e. The minimum Gasteiger partial charge on any atom is -0.370 e. The molecule has 8 N–H and O–H groups in total. The Morgan fingerprint density at radius 1 is 1.02 bits per heavy atom. The standard InChI is InChI=1S/C28H33F3N8O/c29-28(30,31)22-13-19(4-1-2-9-32)12-20(14-22)24-15-21-17-39(27(40)38-25(21)37-24)23-7-5-18(6-8-23)16-35-10-3-11-36-26(33)34/h5-8,12-15,17,35H,1-4,9-11,16,32H2,(H4,33,34,36)(H,37,38,40). The Hall–Kier alpha value is -4.16. The summed E-state index contributed by atoms with van der Waals surface area (Å²) in [7, 11) is 0. The van der Waals surface area contributed by atoms with E-state index in [1.165, 1.54) is 10.6 Å². The van der Waals surface area contributed by atoms with Crippen LogP contribution < -0.4 is 28.2 Å². The van der Waals surface area contributed by atoms with E-state index >= 15 is 0 Å². The fourth-order valence-corrected chi connectivity index (χ4v) is 4.38. The van der Waals surface area contributed by atoms with E-state index in [1.807, 2.05) is 24.3 Å². The molecule has 0 spiro atoms. The first-order valence-corrected chi connectivity index (χ1v) is 13.0. The molecule has 0 atom stereocenters. The van der Waals surface area contributed by atoms with E-state index in [-0.39, 0.29) is 5.96 Å². The first-order chi connectivity index (χ1) is 19.1. The monoisotopic (exact) mass is 554 g/mol. The molecule has 0 unspecified atom stereocenters. The third-order valence-electron chi connectivity index (χ3n) is 6.41. The molecule has 4 rings (SSSR count). The minimum atomic E-state index is -4.48. The maximum absolute atomic E-state index is 13.6. The summed E-state index contributed by atoms with van der Waals surface area (Å²) in [6.07, 6.45) is -0.140. The van der Waals surface area contributed by atoms with Gasteiger partial charge in [-0.1, -0.05) is 12.1 Å². The van der Waals surface area contributed by atoms with Crippen molar-refractivity contribution in [1.29, 1.82) is 0 Å². The largest absolute Gasteiger partial charge is 0.416 e. The number of fused-ring (bicyclic) bond motifs is 1. The summed E-state index contributed by atoms with van der Waals surface area (Å²) < 4.78 is 42.3. The average Bonchev–Trinajstić information content (AvgIpc) is 3.33. The number of nitrogens with zero attached hydrogens (tertiary/aromatic N) is 3. The van der Waals surface area contributed by atoms with Crippen molar-refractivity contribution >= 4 is 17.0 Å². The molecule has 2 aromatic carbocycles. The average molecular weight is 555 g/mol. The first kappa shape index (κ1) is 28.8. The van der Waals surface area contributed by atoms with Gasteiger partial charge >= 0.3 is 11.9 Å². The van der Waals surface area contributed by atoms with Crippen LogP contribution >= 0.6 is 0 Å². The summed E-state index contributed by atoms with van der Waals surface area (Å²) >= 11 is 0. The lowest BCUT2D eigenvalue weighted by Crippen LogP contribution is -2.23. The number of H-pyrrole nitrogens is 1. The second-order valence-corrected chi connectivity index (χ2v) is 9.55. The van der Waals surface area contributed by atoms with Crippen LogP contribution in [0.25, 0.3) is 28.0 Å². The summed E-state index contributed by atoms with van der Waals surface area (Å²) in [5.74, 6) is 0.0771. The van der Waals surface area contributed by atoms with E-state index in [0.29, 0.717) is 66.0 Å². The van der Waals surface area contributed by atoms with E-state index in [9.17, 15) is 18.0 Å². The zero-order valence-corrected chi connectivity index (χ0v) is 22.0. The van der Waals surface area contributed by atoms with Crippen LogP contribution in [0.15, 0.2) is 64.5 Å². The van der Waals surface area contributed by atoms with Crippen molar-refractivity contribution in [3.05, 3.63) is 81.9 Å². The van der Waals surface area contributed by atoms with Gasteiger partial charge in [-0.05, 0) is 91.9 Å². The quantitative estimate of drug-likeness (QED) is 0.103. The van der Waals surface area contributed by atoms with E-state index in [0.717, 1.165) is 31.0 Å². The number of aryl methyl sites for hydroxylation is 1. The molecule has 0 saturated carbocycles. The molecule has 12 heteroatoms. The van der Waals surface area contributed by atoms with Crippen molar-refractivity contribution in [3.63, 3.8) is 0 Å². The highest BCUT2D eigenvalue weighted by Gasteiger charge is 2.31. The number of nitrogens with two attached hydrogens (primary N) is 3. The van der Waals surface area contributed by atoms with Gasteiger partial charge in [0.15, 0.2) is 5.96 Å². The van der Waals surface area contributed by atoms with Crippen LogP contribution in [-0.4, -0.2) is 40.1 Å². The number of unbranched alkanes of at least 4 members (excludes halogenated alkanes) is 1. The molecule has 2 aromatic heterocycles. The lowest BCUT2D eigenvalue weighted by atomic mass is 9.99. The summed E-state index contributed by atoms with van der Waals surface area (Å²) in [5.41, 5.74) is 18.3. The zero-order chi connectivity index (χ0) is 28.7. The normalized spacial score (nSPS) is 11.7. The molecule has 0 saturated heterocycles. The van der Waals surface area contributed by atoms with Gasteiger partial charge in [0.2, 0.25) is 0 Å². The second-order valence-electron chi connectivity index (χ2n) is 9.55. The Morgan fingerprint density at radius 2 is 1.80 bits per heavy atom. The molecular weight excluding hydrogens is 521 g/mol. The molecule has 0 aliphatic heterocycles. The Morgan fingerprint density at radius 3 is 2.50 bits per heavy atom. The minimum absolute atomic E-state index is 0.0771. The van der Waals surface area contributed by atoms with Crippen LogP contribution in [0.2, 0.25) is 0 Å². The number of guanidine groups is 1. The van der Waals surface area contributed by atoms with Gasteiger partial charge < -0.3 is 27.5 Å². The Balaban J connectivity index is 1.54. The number of aliphatic imine (C=N–C) groups is 1. The molecule has 40 heavy (non-hydrogen) atoms. The number of halogens is 3. The number of aromatic amines is 1. The number of benzene rings is 2. The smallest absolute Gasteiger partial charge is 0.370 e. The molecule has 9 nitrogen and oxygen atoms in total. The molecule has 4 aromatic rings. The Bertz CT molecular complexity index is 1520. The number of nitrogens with one attached hydrogen (secondary N) is 2. The van der Waals surface area contributed by atoms with Crippen molar-refractivity contribution in [2.24, 2.45) is 22.2 Å². The molecule has 0 amide bonds. The SMILES string of the molecule is NCCCCc1cc(-c2cc3cn(-c4ccc(CNCCCN=C(N)N)cc4)c(=O)nc3[nH]2)cc(C(F)(F)F)c1. The van der Waals surface area contributed by atoms with Gasteiger partial charge in [0.25, 0.3) is 0 Å². The predicted molar refractivity (Wildman–Crippen MR) is 151 cm³/mol. The van der Waals surface area contributed by atoms with Crippen molar-refractivity contribution in [2.45, 2.75) is 38.4 Å². The fraction of sp³-hybridized carbons (Fsp3) is 0.321. The van der Waals surface area contributed by atoms with Gasteiger partial charge in [-0.15, -0.1) is 0 Å². The highest BCUT2D eigenvalue weighted by atomic mass is 19.4. The number of hydrogen-bond donors (Lipinski definition) is 5. The first-order valence-electron chi connectivity index (χ1n) is 13.0. The fourth-order valence-electron chi connectivity index (χ4n) is 4.38. The van der Waals surface area contributed by atoms with Crippen molar-refractivity contribution in [1.82, 2.24) is 19.9 Å². The molecule has 0 fully saturated rings. The van der Waals surface area contributed by atoms with E-state index in [2.05, 4.69) is 20.3 Å².